The Balaban J connectivity index is 1.90. The fourth-order valence-electron chi connectivity index (χ4n) is 1.51. The van der Waals surface area contributed by atoms with Gasteiger partial charge in [-0.3, -0.25) is 4.79 Å². The molecule has 2 N–H and O–H groups in total. The quantitative estimate of drug-likeness (QED) is 0.466. The highest BCUT2D eigenvalue weighted by molar-refractivity contribution is 7.99. The number of carbonyl (C=O) groups is 1. The standard InChI is InChI=1S/C13H15FN4O3S/c1-2-20-12(19)8-22-13-17-16-11(18(13)15)7-21-10-5-3-9(14)4-6-10/h3-6H,2,7-8,15H2,1H3. The summed E-state index contributed by atoms with van der Waals surface area (Å²) in [7, 11) is 0. The minimum Gasteiger partial charge on any atom is -0.486 e. The van der Waals surface area contributed by atoms with Crippen molar-refractivity contribution in [1.82, 2.24) is 14.9 Å². The molecule has 0 aliphatic carbocycles. The number of ether oxygens (including phenoxy) is 2. The molecule has 2 aromatic rings. The number of halogens is 1. The molecule has 0 atom stereocenters. The van der Waals surface area contributed by atoms with Gasteiger partial charge in [-0.25, -0.2) is 9.07 Å². The van der Waals surface area contributed by atoms with Crippen LogP contribution in [0.3, 0.4) is 0 Å². The molecular formula is C13H15FN4O3S. The lowest BCUT2D eigenvalue weighted by molar-refractivity contribution is -0.139. The zero-order chi connectivity index (χ0) is 15.9. The van der Waals surface area contributed by atoms with Crippen molar-refractivity contribution < 1.29 is 18.7 Å². The van der Waals surface area contributed by atoms with Crippen molar-refractivity contribution >= 4 is 17.7 Å². The highest BCUT2D eigenvalue weighted by Crippen LogP contribution is 2.16. The molecule has 7 nitrogen and oxygen atoms in total. The monoisotopic (exact) mass is 326 g/mol. The molecule has 9 heteroatoms. The van der Waals surface area contributed by atoms with Crippen LogP contribution in [0.2, 0.25) is 0 Å². The van der Waals surface area contributed by atoms with Crippen LogP contribution >= 0.6 is 11.8 Å². The Hall–Kier alpha value is -2.29. The van der Waals surface area contributed by atoms with Gasteiger partial charge < -0.3 is 15.3 Å². The van der Waals surface area contributed by atoms with Crippen LogP contribution in [0.4, 0.5) is 4.39 Å². The second-order valence-electron chi connectivity index (χ2n) is 4.11. The first-order valence-corrected chi connectivity index (χ1v) is 7.45. The molecule has 1 heterocycles. The molecule has 1 aromatic carbocycles. The van der Waals surface area contributed by atoms with E-state index in [-0.39, 0.29) is 24.1 Å². The molecule has 0 radical (unpaired) electrons. The zero-order valence-corrected chi connectivity index (χ0v) is 12.7. The second kappa shape index (κ2) is 7.64. The van der Waals surface area contributed by atoms with E-state index in [0.29, 0.717) is 23.3 Å². The normalized spacial score (nSPS) is 10.5. The van der Waals surface area contributed by atoms with Gasteiger partial charge in [-0.2, -0.15) is 0 Å². The molecule has 0 bridgehead atoms. The molecule has 0 unspecified atom stereocenters. The van der Waals surface area contributed by atoms with Crippen LogP contribution in [0, 0.1) is 5.82 Å². The second-order valence-corrected chi connectivity index (χ2v) is 5.05. The number of thioether (sulfide) groups is 1. The fourth-order valence-corrected chi connectivity index (χ4v) is 2.18. The Kier molecular flexibility index (Phi) is 5.59. The number of nitrogens with two attached hydrogens (primary N) is 1. The average Bonchev–Trinajstić information content (AvgIpc) is 2.85. The maximum absolute atomic E-state index is 12.8. The molecule has 118 valence electrons. The van der Waals surface area contributed by atoms with Crippen LogP contribution in [-0.4, -0.2) is 33.2 Å². The minimum atomic E-state index is -0.348. The van der Waals surface area contributed by atoms with E-state index in [4.69, 9.17) is 15.3 Å². The van der Waals surface area contributed by atoms with Crippen molar-refractivity contribution in [2.24, 2.45) is 0 Å². The molecule has 2 rings (SSSR count). The van der Waals surface area contributed by atoms with E-state index in [1.54, 1.807) is 6.92 Å². The van der Waals surface area contributed by atoms with Gasteiger partial charge in [0.05, 0.1) is 12.4 Å². The van der Waals surface area contributed by atoms with Crippen molar-refractivity contribution in [2.45, 2.75) is 18.7 Å². The Morgan fingerprint density at radius 2 is 2.09 bits per heavy atom. The van der Waals surface area contributed by atoms with Crippen molar-refractivity contribution in [3.8, 4) is 5.75 Å². The van der Waals surface area contributed by atoms with E-state index in [0.717, 1.165) is 11.8 Å². The predicted octanol–water partition coefficient (Wildman–Crippen LogP) is 1.37. The number of nitrogen functional groups attached to an aromatic ring is 1. The van der Waals surface area contributed by atoms with Crippen molar-refractivity contribution in [2.75, 3.05) is 18.2 Å². The van der Waals surface area contributed by atoms with E-state index in [9.17, 15) is 9.18 Å². The Bertz CT molecular complexity index is 633. The number of rotatable bonds is 7. The lowest BCUT2D eigenvalue weighted by Gasteiger charge is -2.06. The Labute approximate surface area is 130 Å². The minimum absolute atomic E-state index is 0.0785. The van der Waals surface area contributed by atoms with Gasteiger partial charge in [0, 0.05) is 0 Å². The summed E-state index contributed by atoms with van der Waals surface area (Å²) in [4.78, 5) is 11.3. The van der Waals surface area contributed by atoms with Crippen LogP contribution in [0.5, 0.6) is 5.75 Å². The maximum Gasteiger partial charge on any atom is 0.316 e. The van der Waals surface area contributed by atoms with Crippen LogP contribution in [0.25, 0.3) is 0 Å². The van der Waals surface area contributed by atoms with Crippen molar-refractivity contribution in [3.05, 3.63) is 35.9 Å². The summed E-state index contributed by atoms with van der Waals surface area (Å²) in [6.45, 7) is 2.14. The third-order valence-electron chi connectivity index (χ3n) is 2.54. The summed E-state index contributed by atoms with van der Waals surface area (Å²) in [5, 5.41) is 8.15. The maximum atomic E-state index is 12.8. The van der Waals surface area contributed by atoms with Crippen molar-refractivity contribution in [3.63, 3.8) is 0 Å². The van der Waals surface area contributed by atoms with E-state index in [2.05, 4.69) is 10.2 Å². The summed E-state index contributed by atoms with van der Waals surface area (Å²) in [5.41, 5.74) is 0. The topological polar surface area (TPSA) is 92.3 Å². The molecule has 0 spiro atoms. The van der Waals surface area contributed by atoms with E-state index in [1.165, 1.54) is 28.9 Å². The third kappa shape index (κ3) is 4.35. The SMILES string of the molecule is CCOC(=O)CSc1nnc(COc2ccc(F)cc2)n1N. The molecule has 0 saturated heterocycles. The highest BCUT2D eigenvalue weighted by atomic mass is 32.2. The molecule has 0 amide bonds. The number of hydrogen-bond acceptors (Lipinski definition) is 7. The number of nitrogens with zero attached hydrogens (tertiary/aromatic N) is 3. The molecule has 1 aromatic heterocycles. The highest BCUT2D eigenvalue weighted by Gasteiger charge is 2.13. The van der Waals surface area contributed by atoms with Gasteiger partial charge in [0.1, 0.15) is 18.2 Å². The Morgan fingerprint density at radius 3 is 2.77 bits per heavy atom. The zero-order valence-electron chi connectivity index (χ0n) is 11.9. The number of carbonyl (C=O) groups excluding carboxylic acids is 1. The van der Waals surface area contributed by atoms with E-state index >= 15 is 0 Å². The van der Waals surface area contributed by atoms with Crippen LogP contribution in [0.15, 0.2) is 29.4 Å². The number of benzene rings is 1. The largest absolute Gasteiger partial charge is 0.486 e. The molecule has 0 fully saturated rings. The summed E-state index contributed by atoms with van der Waals surface area (Å²) in [5.74, 6) is 6.12. The first-order valence-electron chi connectivity index (χ1n) is 6.46. The molecule has 22 heavy (non-hydrogen) atoms. The average molecular weight is 326 g/mol. The first kappa shape index (κ1) is 16.1. The Morgan fingerprint density at radius 1 is 1.36 bits per heavy atom. The van der Waals surface area contributed by atoms with Crippen LogP contribution in [-0.2, 0) is 16.1 Å². The molecule has 0 saturated carbocycles. The molecule has 0 aliphatic rings. The van der Waals surface area contributed by atoms with Gasteiger partial charge in [0.15, 0.2) is 5.82 Å². The van der Waals surface area contributed by atoms with Crippen LogP contribution < -0.4 is 10.6 Å². The lowest BCUT2D eigenvalue weighted by atomic mass is 10.3. The van der Waals surface area contributed by atoms with Gasteiger partial charge in [-0.1, -0.05) is 11.8 Å². The smallest absolute Gasteiger partial charge is 0.316 e. The summed E-state index contributed by atoms with van der Waals surface area (Å²) >= 11 is 1.12. The third-order valence-corrected chi connectivity index (χ3v) is 3.46. The molecule has 0 aliphatic heterocycles. The predicted molar refractivity (Wildman–Crippen MR) is 78.3 cm³/mol. The van der Waals surface area contributed by atoms with Crippen LogP contribution in [0.1, 0.15) is 12.7 Å². The van der Waals surface area contributed by atoms with Gasteiger partial charge in [0.2, 0.25) is 5.16 Å². The first-order chi connectivity index (χ1) is 10.6. The van der Waals surface area contributed by atoms with Gasteiger partial charge in [0.25, 0.3) is 0 Å². The lowest BCUT2D eigenvalue weighted by Crippen LogP contribution is -2.16. The molecular weight excluding hydrogens is 311 g/mol. The number of esters is 1. The van der Waals surface area contributed by atoms with Gasteiger partial charge in [-0.15, -0.1) is 10.2 Å². The number of aromatic nitrogens is 3. The van der Waals surface area contributed by atoms with E-state index < -0.39 is 0 Å². The summed E-state index contributed by atoms with van der Waals surface area (Å²) in [6.07, 6.45) is 0. The summed E-state index contributed by atoms with van der Waals surface area (Å²) in [6, 6.07) is 5.60. The van der Waals surface area contributed by atoms with Gasteiger partial charge >= 0.3 is 5.97 Å². The van der Waals surface area contributed by atoms with E-state index in [1.807, 2.05) is 0 Å². The fraction of sp³-hybridized carbons (Fsp3) is 0.308. The number of hydrogen-bond donors (Lipinski definition) is 1. The van der Waals surface area contributed by atoms with Crippen molar-refractivity contribution in [1.29, 1.82) is 0 Å². The summed E-state index contributed by atoms with van der Waals surface area (Å²) < 4.78 is 24.3. The van der Waals surface area contributed by atoms with Gasteiger partial charge in [-0.05, 0) is 31.2 Å².